The van der Waals surface area contributed by atoms with Crippen LogP contribution < -0.4 is 26.6 Å². The molecular formula is C26H28N8O3. The monoisotopic (exact) mass is 500 g/mol. The topological polar surface area (TPSA) is 145 Å². The van der Waals surface area contributed by atoms with Gasteiger partial charge in [0.25, 0.3) is 0 Å². The molecular weight excluding hydrogens is 472 g/mol. The number of imidazole rings is 1. The van der Waals surface area contributed by atoms with Crippen molar-refractivity contribution in [2.45, 2.75) is 37.8 Å². The summed E-state index contributed by atoms with van der Waals surface area (Å²) in [4.78, 5) is 27.6. The lowest BCUT2D eigenvalue weighted by atomic mass is 9.91. The molecule has 1 aliphatic carbocycles. The molecule has 37 heavy (non-hydrogen) atoms. The number of urea groups is 1. The Hall–Kier alpha value is -4.80. The van der Waals surface area contributed by atoms with Crippen LogP contribution in [0.1, 0.15) is 25.7 Å². The summed E-state index contributed by atoms with van der Waals surface area (Å²) >= 11 is 0. The Labute approximate surface area is 213 Å². The van der Waals surface area contributed by atoms with Crippen molar-refractivity contribution in [2.24, 2.45) is 0 Å². The van der Waals surface area contributed by atoms with Crippen molar-refractivity contribution in [1.29, 1.82) is 0 Å². The number of nitrogens with one attached hydrogen (secondary N) is 5. The van der Waals surface area contributed by atoms with Gasteiger partial charge in [-0.1, -0.05) is 18.2 Å². The largest absolute Gasteiger partial charge is 0.465 e. The van der Waals surface area contributed by atoms with E-state index in [1.165, 1.54) is 0 Å². The van der Waals surface area contributed by atoms with Crippen LogP contribution in [0.15, 0.2) is 73.1 Å². The van der Waals surface area contributed by atoms with Crippen LogP contribution in [0.3, 0.4) is 0 Å². The molecule has 11 nitrogen and oxygen atoms in total. The van der Waals surface area contributed by atoms with Crippen molar-refractivity contribution < 1.29 is 14.7 Å². The third-order valence-electron chi connectivity index (χ3n) is 6.22. The second-order valence-electron chi connectivity index (χ2n) is 8.93. The standard InChI is InChI=1S/C26H28N8O3/c35-25(30-17-4-2-1-3-5-17)31-20-10-6-18(7-11-20)28-22-16-23(33-34-15-14-27-24(22)34)29-19-8-12-21(13-9-19)32-26(36)37/h1-7,10-11,14-16,19,21,28,32H,8-9,12-13H2,(H,29,33)(H,36,37)(H2,30,31,35)/t19-,21-. The average molecular weight is 501 g/mol. The summed E-state index contributed by atoms with van der Waals surface area (Å²) in [6.07, 6.45) is 5.78. The maximum absolute atomic E-state index is 12.2. The number of carbonyl (C=O) groups excluding carboxylic acids is 1. The summed E-state index contributed by atoms with van der Waals surface area (Å²) in [5.74, 6) is 0.707. The minimum Gasteiger partial charge on any atom is -0.465 e. The smallest absolute Gasteiger partial charge is 0.404 e. The maximum Gasteiger partial charge on any atom is 0.404 e. The van der Waals surface area contributed by atoms with Gasteiger partial charge < -0.3 is 31.7 Å². The fourth-order valence-corrected chi connectivity index (χ4v) is 4.45. The molecule has 2 heterocycles. The van der Waals surface area contributed by atoms with Gasteiger partial charge in [0.05, 0.1) is 5.69 Å². The maximum atomic E-state index is 12.2. The molecule has 2 aromatic carbocycles. The molecule has 4 aromatic rings. The molecule has 3 amide bonds. The lowest BCUT2D eigenvalue weighted by Gasteiger charge is -2.29. The number of benzene rings is 2. The highest BCUT2D eigenvalue weighted by Gasteiger charge is 2.23. The van der Waals surface area contributed by atoms with Crippen molar-refractivity contribution in [3.63, 3.8) is 0 Å². The van der Waals surface area contributed by atoms with E-state index < -0.39 is 6.09 Å². The minimum absolute atomic E-state index is 0.00117. The summed E-state index contributed by atoms with van der Waals surface area (Å²) in [5, 5.41) is 28.6. The molecule has 1 aliphatic rings. The molecule has 0 spiro atoms. The van der Waals surface area contributed by atoms with E-state index in [0.29, 0.717) is 22.8 Å². The number of carboxylic acid groups (broad SMARTS) is 1. The molecule has 11 heteroatoms. The van der Waals surface area contributed by atoms with Crippen LogP contribution in [0.25, 0.3) is 5.65 Å². The third-order valence-corrected chi connectivity index (χ3v) is 6.22. The van der Waals surface area contributed by atoms with Crippen LogP contribution in [0.4, 0.5) is 38.2 Å². The molecule has 0 aliphatic heterocycles. The van der Waals surface area contributed by atoms with Gasteiger partial charge in [0.15, 0.2) is 5.65 Å². The van der Waals surface area contributed by atoms with Crippen LogP contribution in [0.2, 0.25) is 0 Å². The minimum atomic E-state index is -0.974. The quantitative estimate of drug-likeness (QED) is 0.207. The Kier molecular flexibility index (Phi) is 7.02. The second-order valence-corrected chi connectivity index (χ2v) is 8.93. The highest BCUT2D eigenvalue weighted by Crippen LogP contribution is 2.27. The number of aromatic nitrogens is 3. The van der Waals surface area contributed by atoms with Gasteiger partial charge in [-0.2, -0.15) is 0 Å². The predicted molar refractivity (Wildman–Crippen MR) is 143 cm³/mol. The van der Waals surface area contributed by atoms with E-state index in [0.717, 1.165) is 37.1 Å². The second kappa shape index (κ2) is 10.9. The van der Waals surface area contributed by atoms with Crippen LogP contribution >= 0.6 is 0 Å². The van der Waals surface area contributed by atoms with E-state index in [1.807, 2.05) is 60.7 Å². The predicted octanol–water partition coefficient (Wildman–Crippen LogP) is 5.11. The zero-order chi connectivity index (χ0) is 25.6. The van der Waals surface area contributed by atoms with Gasteiger partial charge in [-0.3, -0.25) is 0 Å². The molecule has 0 radical (unpaired) electrons. The first kappa shape index (κ1) is 23.9. The molecule has 2 aromatic heterocycles. The summed E-state index contributed by atoms with van der Waals surface area (Å²) in [7, 11) is 0. The van der Waals surface area contributed by atoms with E-state index in [2.05, 4.69) is 36.7 Å². The van der Waals surface area contributed by atoms with Crippen LogP contribution in [0, 0.1) is 0 Å². The van der Waals surface area contributed by atoms with Gasteiger partial charge in [-0.25, -0.2) is 19.1 Å². The fraction of sp³-hybridized carbons (Fsp3) is 0.231. The number of para-hydroxylation sites is 1. The van der Waals surface area contributed by atoms with E-state index in [1.54, 1.807) is 16.9 Å². The molecule has 1 saturated carbocycles. The van der Waals surface area contributed by atoms with Gasteiger partial charge in [0.2, 0.25) is 0 Å². The van der Waals surface area contributed by atoms with E-state index in [9.17, 15) is 9.59 Å². The lowest BCUT2D eigenvalue weighted by molar-refractivity contribution is 0.185. The molecule has 1 fully saturated rings. The molecule has 0 bridgehead atoms. The first-order chi connectivity index (χ1) is 18.0. The number of amides is 3. The normalized spacial score (nSPS) is 17.1. The third kappa shape index (κ3) is 6.26. The molecule has 0 saturated heterocycles. The number of anilines is 5. The van der Waals surface area contributed by atoms with Crippen LogP contribution in [-0.2, 0) is 0 Å². The van der Waals surface area contributed by atoms with E-state index >= 15 is 0 Å². The molecule has 0 unspecified atom stereocenters. The Morgan fingerprint density at radius 2 is 1.51 bits per heavy atom. The van der Waals surface area contributed by atoms with Crippen molar-refractivity contribution in [3.05, 3.63) is 73.1 Å². The van der Waals surface area contributed by atoms with Gasteiger partial charge in [0.1, 0.15) is 5.82 Å². The number of hydrogen-bond donors (Lipinski definition) is 6. The Morgan fingerprint density at radius 1 is 0.865 bits per heavy atom. The van der Waals surface area contributed by atoms with Crippen molar-refractivity contribution >= 4 is 46.3 Å². The zero-order valence-electron chi connectivity index (χ0n) is 20.0. The zero-order valence-corrected chi connectivity index (χ0v) is 20.0. The first-order valence-corrected chi connectivity index (χ1v) is 12.1. The van der Waals surface area contributed by atoms with Gasteiger partial charge >= 0.3 is 12.1 Å². The number of carbonyl (C=O) groups is 2. The average Bonchev–Trinajstić information content (AvgIpc) is 3.36. The fourth-order valence-electron chi connectivity index (χ4n) is 4.45. The molecule has 6 N–H and O–H groups in total. The van der Waals surface area contributed by atoms with Crippen molar-refractivity contribution in [1.82, 2.24) is 19.9 Å². The highest BCUT2D eigenvalue weighted by atomic mass is 16.4. The summed E-state index contributed by atoms with van der Waals surface area (Å²) in [5.41, 5.74) is 3.68. The molecule has 0 atom stereocenters. The SMILES string of the molecule is O=C(Nc1ccccc1)Nc1ccc(Nc2cc(N[C@H]3CC[C@H](NC(=O)O)CC3)nn3ccnc23)cc1. The summed E-state index contributed by atoms with van der Waals surface area (Å²) in [6.45, 7) is 0. The lowest BCUT2D eigenvalue weighted by Crippen LogP contribution is -2.39. The Morgan fingerprint density at radius 3 is 2.22 bits per heavy atom. The summed E-state index contributed by atoms with van der Waals surface area (Å²) in [6, 6.07) is 18.5. The number of rotatable bonds is 7. The van der Waals surface area contributed by atoms with Gasteiger partial charge in [-0.15, -0.1) is 5.10 Å². The molecule has 190 valence electrons. The first-order valence-electron chi connectivity index (χ1n) is 12.1. The Balaban J connectivity index is 1.22. The van der Waals surface area contributed by atoms with Crippen molar-refractivity contribution in [2.75, 3.05) is 21.3 Å². The van der Waals surface area contributed by atoms with E-state index in [-0.39, 0.29) is 18.1 Å². The number of nitrogens with zero attached hydrogens (tertiary/aromatic N) is 3. The molecule has 5 rings (SSSR count). The van der Waals surface area contributed by atoms with E-state index in [4.69, 9.17) is 5.11 Å². The van der Waals surface area contributed by atoms with Crippen molar-refractivity contribution in [3.8, 4) is 0 Å². The number of hydrogen-bond acceptors (Lipinski definition) is 6. The summed E-state index contributed by atoms with van der Waals surface area (Å²) < 4.78 is 1.71. The van der Waals surface area contributed by atoms with Crippen LogP contribution in [-0.4, -0.2) is 43.9 Å². The highest BCUT2D eigenvalue weighted by molar-refractivity contribution is 5.99. The van der Waals surface area contributed by atoms with Crippen LogP contribution in [0.5, 0.6) is 0 Å². The van der Waals surface area contributed by atoms with Gasteiger partial charge in [0, 0.05) is 47.6 Å². The van der Waals surface area contributed by atoms with Gasteiger partial charge in [-0.05, 0) is 62.1 Å². The Bertz CT molecular complexity index is 1370. The number of fused-ring (bicyclic) bond motifs is 1.